The van der Waals surface area contributed by atoms with E-state index in [-0.39, 0.29) is 47.0 Å². The van der Waals surface area contributed by atoms with Crippen LogP contribution in [0.15, 0.2) is 401 Å². The number of hydrogen-bond acceptors (Lipinski definition) is 19. The number of halogens is 9. The van der Waals surface area contributed by atoms with Crippen molar-refractivity contribution in [2.24, 2.45) is 0 Å². The van der Waals surface area contributed by atoms with Gasteiger partial charge in [0.05, 0.1) is 52.9 Å². The van der Waals surface area contributed by atoms with E-state index >= 15 is 0 Å². The lowest BCUT2D eigenvalue weighted by molar-refractivity contribution is -0.275. The molecule has 1 saturated heterocycles. The Morgan fingerprint density at radius 3 is 0.887 bits per heavy atom. The van der Waals surface area contributed by atoms with Crippen LogP contribution >= 0.6 is 0 Å². The van der Waals surface area contributed by atoms with Crippen LogP contribution in [0.3, 0.4) is 0 Å². The van der Waals surface area contributed by atoms with Crippen LogP contribution in [0.4, 0.5) is 45.2 Å². The molecular formula is C116H88F9N13O12. The Morgan fingerprint density at radius 1 is 0.253 bits per heavy atom. The van der Waals surface area contributed by atoms with Gasteiger partial charge < -0.3 is 33.3 Å². The van der Waals surface area contributed by atoms with Crippen LogP contribution in [0.1, 0.15) is 130 Å². The predicted octanol–water partition coefficient (Wildman–Crippen LogP) is 24.7. The molecule has 1 fully saturated rings. The molecule has 0 N–H and O–H groups in total. The monoisotopic (exact) mass is 2030 g/mol. The van der Waals surface area contributed by atoms with Crippen LogP contribution in [0.25, 0.3) is 72.9 Å². The zero-order chi connectivity index (χ0) is 105. The number of aromatic nitrogens is 12. The summed E-state index contributed by atoms with van der Waals surface area (Å²) in [5.74, 6) is -2.40. The predicted molar refractivity (Wildman–Crippen MR) is 552 cm³/mol. The van der Waals surface area contributed by atoms with Crippen LogP contribution in [-0.2, 0) is 4.74 Å². The largest absolute Gasteiger partial charge is 0.573 e. The number of anilines is 1. The van der Waals surface area contributed by atoms with Crippen LogP contribution in [0, 0.1) is 0 Å². The molecule has 752 valence electrons. The second kappa shape index (κ2) is 51.1. The zero-order valence-electron chi connectivity index (χ0n) is 79.2. The van der Waals surface area contributed by atoms with Gasteiger partial charge in [0.1, 0.15) is 17.2 Å². The molecule has 0 amide bonds. The Labute approximate surface area is 852 Å². The van der Waals surface area contributed by atoms with Gasteiger partial charge in [0, 0.05) is 83.8 Å². The third-order valence-corrected chi connectivity index (χ3v) is 21.5. The SMILES string of the molecule is O=C(c1ccc(N2CCOCC2)cc1)n1ccc(/C=C/c2ccccc2)n1.O=C(c1ccc(OC(F)(F)F)cc1)n1ccc(/C=C/c2ccccc2)n1.O=C(c1ccc2c(c1)OCO2)n1ccc(/C=C/c2ccccc2)n1.O=C(c1cccc(OC(F)(F)F)c1)n1ccc(/C=C/c2ccccc2)n1.O=C(c1ccccc1)n1ccc(/C=C/c2ccccc2)n1.O=C(c1ccccc1OC(F)(F)F)n1ccc(/C=C/c2ccccc2)n1. The number of benzene rings is 12. The minimum absolute atomic E-state index is 0.0356. The molecule has 0 atom stereocenters. The number of nitrogens with zero attached hydrogens (tertiary/aromatic N) is 13. The normalized spacial score (nSPS) is 12.2. The third-order valence-electron chi connectivity index (χ3n) is 21.5. The summed E-state index contributed by atoms with van der Waals surface area (Å²) in [6, 6.07) is 105. The molecule has 0 unspecified atom stereocenters. The van der Waals surface area contributed by atoms with Crippen molar-refractivity contribution in [2.75, 3.05) is 38.0 Å². The number of carbonyl (C=O) groups excluding carboxylic acids is 6. The Bertz CT molecular complexity index is 7740. The molecule has 0 spiro atoms. The van der Waals surface area contributed by atoms with E-state index in [0.717, 1.165) is 121 Å². The lowest BCUT2D eigenvalue weighted by Crippen LogP contribution is -2.36. The average molecular weight is 2030 g/mol. The van der Waals surface area contributed by atoms with Gasteiger partial charge in [0.15, 0.2) is 11.5 Å². The Kier molecular flexibility index (Phi) is 35.7. The molecule has 34 heteroatoms. The first-order valence-electron chi connectivity index (χ1n) is 46.1. The highest BCUT2D eigenvalue weighted by molar-refractivity contribution is 6.00. The number of morpholine rings is 1. The van der Waals surface area contributed by atoms with Crippen LogP contribution in [0.5, 0.6) is 28.7 Å². The molecule has 20 rings (SSSR count). The fourth-order valence-corrected chi connectivity index (χ4v) is 14.2. The molecule has 0 saturated carbocycles. The summed E-state index contributed by atoms with van der Waals surface area (Å²) in [7, 11) is 0. The van der Waals surface area contributed by atoms with Crippen molar-refractivity contribution in [1.82, 2.24) is 58.7 Å². The zero-order valence-corrected chi connectivity index (χ0v) is 79.2. The van der Waals surface area contributed by atoms with E-state index in [1.807, 2.05) is 291 Å². The van der Waals surface area contributed by atoms with Crippen LogP contribution in [0.2, 0.25) is 0 Å². The molecule has 25 nitrogen and oxygen atoms in total. The van der Waals surface area contributed by atoms with Crippen LogP contribution < -0.4 is 28.6 Å². The van der Waals surface area contributed by atoms with E-state index < -0.39 is 48.3 Å². The first-order valence-corrected chi connectivity index (χ1v) is 46.1. The highest BCUT2D eigenvalue weighted by Crippen LogP contribution is 2.34. The number of fused-ring (bicyclic) bond motifs is 1. The smallest absolute Gasteiger partial charge is 0.454 e. The summed E-state index contributed by atoms with van der Waals surface area (Å²) in [6.07, 6.45) is 17.2. The topological polar surface area (TPSA) is 268 Å². The molecule has 18 aromatic rings. The summed E-state index contributed by atoms with van der Waals surface area (Å²) in [5, 5.41) is 25.3. The van der Waals surface area contributed by atoms with Crippen LogP contribution in [-0.4, -0.2) is 146 Å². The van der Waals surface area contributed by atoms with E-state index in [2.05, 4.69) is 49.7 Å². The van der Waals surface area contributed by atoms with Gasteiger partial charge in [-0.25, -0.2) is 28.1 Å². The maximum Gasteiger partial charge on any atom is 0.573 e. The summed E-state index contributed by atoms with van der Waals surface area (Å²) in [5.41, 5.74) is 12.9. The number of alkyl halides is 9. The minimum atomic E-state index is -4.88. The van der Waals surface area contributed by atoms with Crippen molar-refractivity contribution in [3.8, 4) is 28.7 Å². The first-order chi connectivity index (χ1) is 72.6. The van der Waals surface area contributed by atoms with Crippen molar-refractivity contribution in [2.45, 2.75) is 19.1 Å². The van der Waals surface area contributed by atoms with Gasteiger partial charge >= 0.3 is 19.1 Å². The van der Waals surface area contributed by atoms with E-state index in [0.29, 0.717) is 51.0 Å². The maximum atomic E-state index is 12.7. The average Bonchev–Trinajstić information content (AvgIpc) is 1.36. The lowest BCUT2D eigenvalue weighted by atomic mass is 10.2. The molecule has 8 heterocycles. The lowest BCUT2D eigenvalue weighted by Gasteiger charge is -2.28. The highest BCUT2D eigenvalue weighted by atomic mass is 19.4. The highest BCUT2D eigenvalue weighted by Gasteiger charge is 2.35. The standard InChI is InChI=1S/C22H21N3O2.3C19H13F3N2O2.C19H14N2O3.C18H14N2O/c26-22(19-7-10-21(11-8-19)24-14-16-27-17-15-24)25-13-12-20(23-25)9-6-18-4-2-1-3-5-18;20-19(21,22)26-17-9-5-4-8-16(17)18(25)24-13-12-15(23-24)11-10-14-6-2-1-3-7-14;20-19(21,22)26-17-8-4-7-15(13-17)18(25)24-12-11-16(23-24)10-9-14-5-2-1-3-6-14;20-19(21,22)26-17-10-7-15(8-11-17)18(25)24-13-12-16(23-24)9-6-14-4-2-1-3-5-14;22-19(15-7-9-17-18(12-15)24-13-23-17)21-11-10-16(20-21)8-6-14-4-2-1-3-5-14;21-18(16-9-5-2-6-10-16)20-14-13-17(19-20)12-11-15-7-3-1-4-8-15/h1-13H,14-17H2;3*1-13H;1-12H,13H2;1-14H/b9-6+;11-10+;10-9+;9-6+;8-6+;12-11+. The number of hydrogen-bond donors (Lipinski definition) is 0. The number of ether oxygens (including phenoxy) is 6. The second-order valence-corrected chi connectivity index (χ2v) is 32.2. The molecule has 0 aliphatic carbocycles. The van der Waals surface area contributed by atoms with E-state index in [4.69, 9.17) is 14.2 Å². The van der Waals surface area contributed by atoms with Gasteiger partial charge in [-0.2, -0.15) is 30.6 Å². The van der Waals surface area contributed by atoms with E-state index in [1.165, 1.54) is 75.1 Å². The Balaban J connectivity index is 0.000000135. The molecule has 6 aromatic heterocycles. The van der Waals surface area contributed by atoms with Gasteiger partial charge in [0.2, 0.25) is 6.79 Å². The number of rotatable bonds is 22. The Morgan fingerprint density at radius 2 is 0.533 bits per heavy atom. The van der Waals surface area contributed by atoms with Crippen molar-refractivity contribution >= 4 is 114 Å². The number of carbonyl (C=O) groups is 6. The van der Waals surface area contributed by atoms with Crippen molar-refractivity contribution in [3.63, 3.8) is 0 Å². The second-order valence-electron chi connectivity index (χ2n) is 32.2. The maximum absolute atomic E-state index is 12.7. The number of para-hydroxylation sites is 1. The van der Waals surface area contributed by atoms with Gasteiger partial charge in [-0.3, -0.25) is 28.8 Å². The summed E-state index contributed by atoms with van der Waals surface area (Å²) in [4.78, 5) is 76.9. The summed E-state index contributed by atoms with van der Waals surface area (Å²) < 4.78 is 145. The van der Waals surface area contributed by atoms with Crippen molar-refractivity contribution in [3.05, 3.63) is 502 Å². The quantitative estimate of drug-likeness (QED) is 0.0570. The molecule has 0 radical (unpaired) electrons. The fraction of sp³-hybridized carbons (Fsp3) is 0.0690. The van der Waals surface area contributed by atoms with Gasteiger partial charge in [-0.15, -0.1) is 39.5 Å². The molecule has 2 aliphatic heterocycles. The van der Waals surface area contributed by atoms with Crippen molar-refractivity contribution < 1.29 is 96.7 Å². The minimum Gasteiger partial charge on any atom is -0.454 e. The van der Waals surface area contributed by atoms with Gasteiger partial charge in [-0.1, -0.05) is 255 Å². The van der Waals surface area contributed by atoms with Gasteiger partial charge in [0.25, 0.3) is 35.4 Å². The van der Waals surface area contributed by atoms with Gasteiger partial charge in [-0.05, 0) is 215 Å². The van der Waals surface area contributed by atoms with E-state index in [9.17, 15) is 68.3 Å². The van der Waals surface area contributed by atoms with E-state index in [1.54, 1.807) is 91.4 Å². The Hall–Kier alpha value is -19.5. The molecule has 150 heavy (non-hydrogen) atoms. The molecular weight excluding hydrogens is 1940 g/mol. The molecule has 2 aliphatic rings. The fourth-order valence-electron chi connectivity index (χ4n) is 14.2. The molecule has 0 bridgehead atoms. The summed E-state index contributed by atoms with van der Waals surface area (Å²) in [6.45, 7) is 3.43. The third kappa shape index (κ3) is 32.0. The first kappa shape index (κ1) is 105. The molecule has 12 aromatic carbocycles. The summed E-state index contributed by atoms with van der Waals surface area (Å²) >= 11 is 0. The van der Waals surface area contributed by atoms with Crippen molar-refractivity contribution in [1.29, 1.82) is 0 Å².